The summed E-state index contributed by atoms with van der Waals surface area (Å²) in [5, 5.41) is 0. The average molecular weight is 743 g/mol. The van der Waals surface area contributed by atoms with Gasteiger partial charge in [-0.1, -0.05) is 113 Å². The summed E-state index contributed by atoms with van der Waals surface area (Å²) in [5.41, 5.74) is 14.7. The van der Waals surface area contributed by atoms with Crippen molar-refractivity contribution in [1.29, 1.82) is 0 Å². The highest BCUT2D eigenvalue weighted by Gasteiger charge is 2.23. The Morgan fingerprint density at radius 2 is 1.20 bits per heavy atom. The maximum absolute atomic E-state index is 4.73. The third-order valence-electron chi connectivity index (χ3n) is 10.0. The van der Waals surface area contributed by atoms with E-state index < -0.39 is 0 Å². The first-order valence-electron chi connectivity index (χ1n) is 18.4. The number of allylic oxidation sites excluding steroid dienone is 10. The van der Waals surface area contributed by atoms with E-state index in [2.05, 4.69) is 108 Å². The van der Waals surface area contributed by atoms with Crippen molar-refractivity contribution in [2.24, 2.45) is 0 Å². The van der Waals surface area contributed by atoms with Crippen LogP contribution in [0.4, 0.5) is 0 Å². The van der Waals surface area contributed by atoms with Gasteiger partial charge in [0.2, 0.25) is 0 Å². The molecule has 8 heteroatoms. The Morgan fingerprint density at radius 3 is 1.82 bits per heavy atom. The highest BCUT2D eigenvalue weighted by molar-refractivity contribution is 7.17. The van der Waals surface area contributed by atoms with Crippen LogP contribution < -0.4 is 0 Å². The largest absolute Gasteiger partial charge is 0.173 e. The van der Waals surface area contributed by atoms with Gasteiger partial charge in [-0.3, -0.25) is 0 Å². The second-order valence-corrected chi connectivity index (χ2v) is 16.7. The summed E-state index contributed by atoms with van der Waals surface area (Å²) in [6.45, 7) is 4.56. The SMILES string of the molecule is CCCCCCc1cc(C2=CC=CC3=C(c4cc(CCCCCC)c(-c5cccc6nsnc56)s4)C=CC=C2C3)sc1-c1cccc2nsnc12. The highest BCUT2D eigenvalue weighted by atomic mass is 32.1. The number of benzene rings is 2. The second kappa shape index (κ2) is 15.8. The quantitative estimate of drug-likeness (QED) is 0.104. The van der Waals surface area contributed by atoms with Crippen LogP contribution in [0.3, 0.4) is 0 Å². The molecule has 8 rings (SSSR count). The first kappa shape index (κ1) is 34.3. The summed E-state index contributed by atoms with van der Waals surface area (Å²) in [5.74, 6) is 0. The number of hydrogen-bond donors (Lipinski definition) is 0. The Balaban J connectivity index is 1.13. The van der Waals surface area contributed by atoms with Crippen LogP contribution >= 0.6 is 46.1 Å². The van der Waals surface area contributed by atoms with Crippen molar-refractivity contribution in [3.63, 3.8) is 0 Å². The van der Waals surface area contributed by atoms with Gasteiger partial charge in [-0.05, 0) is 89.8 Å². The number of rotatable bonds is 14. The minimum Gasteiger partial charge on any atom is -0.173 e. The summed E-state index contributed by atoms with van der Waals surface area (Å²) >= 11 is 6.45. The van der Waals surface area contributed by atoms with E-state index in [4.69, 9.17) is 8.75 Å². The maximum Gasteiger partial charge on any atom is 0.113 e. The minimum absolute atomic E-state index is 0.903. The van der Waals surface area contributed by atoms with Gasteiger partial charge < -0.3 is 0 Å². The van der Waals surface area contributed by atoms with E-state index in [1.165, 1.54) is 139 Å². The Kier molecular flexibility index (Phi) is 10.6. The maximum atomic E-state index is 4.73. The summed E-state index contributed by atoms with van der Waals surface area (Å²) in [7, 11) is 0. The van der Waals surface area contributed by atoms with Crippen molar-refractivity contribution in [1.82, 2.24) is 17.5 Å². The molecule has 0 N–H and O–H groups in total. The fourth-order valence-corrected chi connectivity index (χ4v) is 11.0. The molecule has 0 saturated carbocycles. The highest BCUT2D eigenvalue weighted by Crippen LogP contribution is 2.46. The summed E-state index contributed by atoms with van der Waals surface area (Å²) in [4.78, 5) is 5.36. The number of aryl methyl sites for hydroxylation is 2. The fraction of sp³-hybridized carbons (Fsp3) is 0.302. The molecule has 258 valence electrons. The van der Waals surface area contributed by atoms with E-state index in [0.29, 0.717) is 0 Å². The Morgan fingerprint density at radius 1 is 0.608 bits per heavy atom. The van der Waals surface area contributed by atoms with Crippen LogP contribution in [0.1, 0.15) is 92.5 Å². The Hall–Kier alpha value is -3.82. The molecule has 4 aromatic heterocycles. The lowest BCUT2D eigenvalue weighted by Crippen LogP contribution is -1.90. The monoisotopic (exact) mass is 742 g/mol. The van der Waals surface area contributed by atoms with Gasteiger partial charge in [0.05, 0.1) is 23.5 Å². The molecule has 0 saturated heterocycles. The molecule has 0 spiro atoms. The summed E-state index contributed by atoms with van der Waals surface area (Å²) in [6, 6.07) is 17.8. The molecule has 6 aromatic rings. The topological polar surface area (TPSA) is 51.6 Å². The van der Waals surface area contributed by atoms with E-state index in [1.807, 2.05) is 22.7 Å². The van der Waals surface area contributed by atoms with Crippen LogP contribution in [-0.4, -0.2) is 17.5 Å². The number of nitrogens with zero attached hydrogens (tertiary/aromatic N) is 4. The van der Waals surface area contributed by atoms with E-state index in [9.17, 15) is 0 Å². The molecule has 2 aliphatic rings. The smallest absolute Gasteiger partial charge is 0.113 e. The van der Waals surface area contributed by atoms with Crippen molar-refractivity contribution in [2.45, 2.75) is 84.5 Å². The van der Waals surface area contributed by atoms with Crippen LogP contribution in [0.5, 0.6) is 0 Å². The van der Waals surface area contributed by atoms with Gasteiger partial charge >= 0.3 is 0 Å². The van der Waals surface area contributed by atoms with Gasteiger partial charge in [-0.25, -0.2) is 0 Å². The Labute approximate surface area is 317 Å². The molecule has 0 amide bonds. The Bertz CT molecular complexity index is 2340. The van der Waals surface area contributed by atoms with Crippen LogP contribution in [-0.2, 0) is 12.8 Å². The van der Waals surface area contributed by atoms with Crippen molar-refractivity contribution in [3.8, 4) is 20.9 Å². The van der Waals surface area contributed by atoms with Gasteiger partial charge in [0.15, 0.2) is 0 Å². The molecule has 51 heavy (non-hydrogen) atoms. The van der Waals surface area contributed by atoms with Crippen LogP contribution in [0.25, 0.3) is 54.1 Å². The van der Waals surface area contributed by atoms with Crippen molar-refractivity contribution >= 4 is 79.3 Å². The van der Waals surface area contributed by atoms with Crippen molar-refractivity contribution in [3.05, 3.63) is 117 Å². The molecular formula is C43H42N4S4. The number of fused-ring (bicyclic) bond motifs is 4. The molecule has 2 aromatic carbocycles. The predicted molar refractivity (Wildman–Crippen MR) is 223 cm³/mol. The molecule has 4 heterocycles. The molecule has 0 unspecified atom stereocenters. The van der Waals surface area contributed by atoms with Gasteiger partial charge in [-0.2, -0.15) is 17.5 Å². The second-order valence-electron chi connectivity index (χ2n) is 13.5. The van der Waals surface area contributed by atoms with Crippen molar-refractivity contribution < 1.29 is 0 Å². The average Bonchev–Trinajstić information content (AvgIpc) is 3.95. The standard InChI is InChI=1S/C43H42N4S4/c1-3-5-7-9-15-30-26-38(48-42(30)34-21-13-23-36-40(34)46-50-44-36)32-19-11-18-29-25-28(32)17-12-20-33(29)39-27-31(16-10-8-6-4-2)43(49-39)35-22-14-24-37-41(35)47-51-45-37/h11-14,17-24,26-27H,3-10,15-16,25H2,1-2H3. The van der Waals surface area contributed by atoms with E-state index in [-0.39, 0.29) is 0 Å². The van der Waals surface area contributed by atoms with Crippen LogP contribution in [0.15, 0.2) is 96.1 Å². The van der Waals surface area contributed by atoms with Crippen LogP contribution in [0.2, 0.25) is 0 Å². The lowest BCUT2D eigenvalue weighted by molar-refractivity contribution is 0.668. The molecule has 0 radical (unpaired) electrons. The van der Waals surface area contributed by atoms with Gasteiger partial charge in [0, 0.05) is 30.6 Å². The minimum atomic E-state index is 0.903. The zero-order valence-corrected chi connectivity index (χ0v) is 32.5. The van der Waals surface area contributed by atoms with Crippen molar-refractivity contribution in [2.75, 3.05) is 0 Å². The van der Waals surface area contributed by atoms with E-state index in [1.54, 1.807) is 0 Å². The number of unbranched alkanes of at least 4 members (excludes halogenated alkanes) is 6. The summed E-state index contributed by atoms with van der Waals surface area (Å²) < 4.78 is 18.6. The molecule has 0 atom stereocenters. The number of thiophene rings is 2. The molecule has 4 nitrogen and oxygen atoms in total. The van der Waals surface area contributed by atoms with E-state index in [0.717, 1.165) is 41.3 Å². The van der Waals surface area contributed by atoms with Gasteiger partial charge in [0.25, 0.3) is 0 Å². The zero-order valence-electron chi connectivity index (χ0n) is 29.3. The number of aromatic nitrogens is 4. The zero-order chi connectivity index (χ0) is 34.6. The van der Waals surface area contributed by atoms with Crippen LogP contribution in [0, 0.1) is 0 Å². The molecule has 0 aliphatic heterocycles. The van der Waals surface area contributed by atoms with Gasteiger partial charge in [-0.15, -0.1) is 22.7 Å². The number of hydrogen-bond acceptors (Lipinski definition) is 8. The lowest BCUT2D eigenvalue weighted by Gasteiger charge is -2.10. The first-order valence-corrected chi connectivity index (χ1v) is 21.5. The lowest BCUT2D eigenvalue weighted by atomic mass is 9.95. The van der Waals surface area contributed by atoms with Gasteiger partial charge in [0.1, 0.15) is 22.1 Å². The normalized spacial score (nSPS) is 14.4. The predicted octanol–water partition coefficient (Wildman–Crippen LogP) is 13.7. The third kappa shape index (κ3) is 7.16. The molecule has 2 bridgehead atoms. The third-order valence-corrected chi connectivity index (χ3v) is 13.6. The molecule has 0 fully saturated rings. The fourth-order valence-electron chi connectivity index (χ4n) is 7.32. The van der Waals surface area contributed by atoms with E-state index >= 15 is 0 Å². The molecule has 2 aliphatic carbocycles. The summed E-state index contributed by atoms with van der Waals surface area (Å²) in [6.07, 6.45) is 27.0. The first-order chi connectivity index (χ1) is 25.2. The molecular weight excluding hydrogens is 701 g/mol.